The highest BCUT2D eigenvalue weighted by Gasteiger charge is 2.21. The number of aliphatic hydroxyl groups is 2. The molecule has 0 radical (unpaired) electrons. The minimum Gasteiger partial charge on any atom is -0.497 e. The fourth-order valence-electron chi connectivity index (χ4n) is 2.88. The van der Waals surface area contributed by atoms with Crippen molar-refractivity contribution >= 4 is 18.1 Å². The van der Waals surface area contributed by atoms with Gasteiger partial charge in [0.2, 0.25) is 0 Å². The number of methoxy groups -OCH3 is 1. The molecule has 0 amide bonds. The summed E-state index contributed by atoms with van der Waals surface area (Å²) in [4.78, 5) is 10.6. The van der Waals surface area contributed by atoms with Crippen LogP contribution in [0.5, 0.6) is 11.5 Å². The van der Waals surface area contributed by atoms with Gasteiger partial charge in [-0.1, -0.05) is 18.2 Å². The van der Waals surface area contributed by atoms with Crippen LogP contribution in [-0.2, 0) is 13.0 Å². The van der Waals surface area contributed by atoms with Gasteiger partial charge in [-0.2, -0.15) is 0 Å². The fourth-order valence-corrected chi connectivity index (χ4v) is 2.88. The molecule has 1 unspecified atom stereocenters. The van der Waals surface area contributed by atoms with Crippen LogP contribution in [0, 0.1) is 10.1 Å². The van der Waals surface area contributed by atoms with Gasteiger partial charge in [0.1, 0.15) is 18.5 Å². The molecule has 0 bridgehead atoms. The van der Waals surface area contributed by atoms with Gasteiger partial charge >= 0.3 is 5.69 Å². The number of hydrogen-bond donors (Lipinski definition) is 3. The molecule has 9 heteroatoms. The second kappa shape index (κ2) is 11.7. The molecule has 8 nitrogen and oxygen atoms in total. The molecule has 0 aliphatic carbocycles. The lowest BCUT2D eigenvalue weighted by Gasteiger charge is -2.28. The monoisotopic (exact) mass is 440 g/mol. The summed E-state index contributed by atoms with van der Waals surface area (Å²) >= 11 is 0. The number of halogens is 1. The van der Waals surface area contributed by atoms with Crippen molar-refractivity contribution in [2.75, 3.05) is 20.3 Å². The summed E-state index contributed by atoms with van der Waals surface area (Å²) < 4.78 is 10.6. The second-order valence-electron chi connectivity index (χ2n) is 7.47. The van der Waals surface area contributed by atoms with E-state index in [0.717, 1.165) is 17.7 Å². The summed E-state index contributed by atoms with van der Waals surface area (Å²) in [6, 6.07) is 12.0. The van der Waals surface area contributed by atoms with E-state index in [1.165, 1.54) is 12.1 Å². The zero-order chi connectivity index (χ0) is 21.4. The van der Waals surface area contributed by atoms with Gasteiger partial charge in [-0.15, -0.1) is 12.4 Å². The van der Waals surface area contributed by atoms with E-state index in [1.54, 1.807) is 13.2 Å². The zero-order valence-corrected chi connectivity index (χ0v) is 18.1. The smallest absolute Gasteiger partial charge is 0.311 e. The SMILES string of the molecule is COc1ccc(CC(C)(C)NCC(O)COc2ccc(CO)cc2[N+](=O)[O-])cc1.Cl. The largest absolute Gasteiger partial charge is 0.497 e. The number of hydrogen-bond acceptors (Lipinski definition) is 7. The maximum atomic E-state index is 11.2. The molecule has 0 aliphatic rings. The Morgan fingerprint density at radius 1 is 1.17 bits per heavy atom. The Hall–Kier alpha value is -2.39. The molecule has 0 aliphatic heterocycles. The van der Waals surface area contributed by atoms with Crippen LogP contribution in [0.1, 0.15) is 25.0 Å². The van der Waals surface area contributed by atoms with Gasteiger partial charge in [-0.3, -0.25) is 10.1 Å². The number of benzene rings is 2. The first kappa shape index (κ1) is 25.6. The molecule has 166 valence electrons. The lowest BCUT2D eigenvalue weighted by molar-refractivity contribution is -0.386. The third-order valence-corrected chi connectivity index (χ3v) is 4.46. The van der Waals surface area contributed by atoms with Crippen molar-refractivity contribution in [2.45, 2.75) is 38.5 Å². The summed E-state index contributed by atoms with van der Waals surface area (Å²) in [7, 11) is 1.62. The second-order valence-corrected chi connectivity index (χ2v) is 7.47. The van der Waals surface area contributed by atoms with E-state index in [1.807, 2.05) is 38.1 Å². The zero-order valence-electron chi connectivity index (χ0n) is 17.3. The van der Waals surface area contributed by atoms with Gasteiger partial charge in [0.15, 0.2) is 5.75 Å². The maximum absolute atomic E-state index is 11.2. The van der Waals surface area contributed by atoms with E-state index >= 15 is 0 Å². The Balaban J connectivity index is 0.00000450. The van der Waals surface area contributed by atoms with Crippen LogP contribution in [-0.4, -0.2) is 47.0 Å². The number of nitrogens with zero attached hydrogens (tertiary/aromatic N) is 1. The predicted molar refractivity (Wildman–Crippen MR) is 117 cm³/mol. The van der Waals surface area contributed by atoms with Gasteiger partial charge in [-0.25, -0.2) is 0 Å². The van der Waals surface area contributed by atoms with E-state index in [9.17, 15) is 15.2 Å². The van der Waals surface area contributed by atoms with Crippen LogP contribution in [0.4, 0.5) is 5.69 Å². The van der Waals surface area contributed by atoms with Crippen LogP contribution in [0.3, 0.4) is 0 Å². The molecular formula is C21H29ClN2O6. The lowest BCUT2D eigenvalue weighted by atomic mass is 9.94. The fraction of sp³-hybridized carbons (Fsp3) is 0.429. The van der Waals surface area contributed by atoms with Gasteiger partial charge in [0.05, 0.1) is 18.6 Å². The first-order valence-electron chi connectivity index (χ1n) is 9.31. The molecule has 0 fully saturated rings. The summed E-state index contributed by atoms with van der Waals surface area (Å²) in [5.41, 5.74) is 1.04. The normalized spacial score (nSPS) is 12.0. The number of aliphatic hydroxyl groups excluding tert-OH is 2. The summed E-state index contributed by atoms with van der Waals surface area (Å²) in [6.45, 7) is 3.94. The van der Waals surface area contributed by atoms with Crippen molar-refractivity contribution in [3.8, 4) is 11.5 Å². The van der Waals surface area contributed by atoms with Crippen LogP contribution in [0.25, 0.3) is 0 Å². The Labute approximate surface area is 182 Å². The van der Waals surface area contributed by atoms with Gasteiger partial charge in [0, 0.05) is 18.2 Å². The Morgan fingerprint density at radius 2 is 1.80 bits per heavy atom. The quantitative estimate of drug-likeness (QED) is 0.363. The predicted octanol–water partition coefficient (Wildman–Crippen LogP) is 2.87. The minimum absolute atomic E-state index is 0. The van der Waals surface area contributed by atoms with Gasteiger partial charge in [-0.05, 0) is 49.6 Å². The number of nitro groups is 1. The standard InChI is InChI=1S/C21H28N2O6.ClH/c1-21(2,11-15-4-7-18(28-3)8-5-15)22-12-17(25)14-29-20-9-6-16(13-24)10-19(20)23(26)27;/h4-10,17,22,24-25H,11-14H2,1-3H3;1H. The third kappa shape index (κ3) is 7.79. The van der Waals surface area contributed by atoms with E-state index in [-0.39, 0.29) is 49.1 Å². The van der Waals surface area contributed by atoms with Gasteiger partial charge in [0.25, 0.3) is 0 Å². The van der Waals surface area contributed by atoms with Crippen LogP contribution in [0.2, 0.25) is 0 Å². The molecule has 3 N–H and O–H groups in total. The Morgan fingerprint density at radius 3 is 2.37 bits per heavy atom. The molecule has 2 aromatic rings. The molecule has 0 saturated heterocycles. The molecule has 0 heterocycles. The average molecular weight is 441 g/mol. The number of β-amino-alcohol motifs (C(OH)–C–C–N with tert-alkyl or cyclic N) is 1. The molecule has 30 heavy (non-hydrogen) atoms. The first-order valence-corrected chi connectivity index (χ1v) is 9.31. The molecule has 0 spiro atoms. The molecule has 0 aromatic heterocycles. The average Bonchev–Trinajstić information content (AvgIpc) is 2.71. The number of nitrogens with one attached hydrogen (secondary N) is 1. The maximum Gasteiger partial charge on any atom is 0.311 e. The van der Waals surface area contributed by atoms with Crippen molar-refractivity contribution in [3.63, 3.8) is 0 Å². The van der Waals surface area contributed by atoms with E-state index < -0.39 is 11.0 Å². The topological polar surface area (TPSA) is 114 Å². The molecule has 2 rings (SSSR count). The highest BCUT2D eigenvalue weighted by molar-refractivity contribution is 5.85. The number of nitro benzene ring substituents is 1. The molecule has 2 aromatic carbocycles. The van der Waals surface area contributed by atoms with Crippen molar-refractivity contribution in [3.05, 3.63) is 63.7 Å². The van der Waals surface area contributed by atoms with Crippen LogP contribution in [0.15, 0.2) is 42.5 Å². The van der Waals surface area contributed by atoms with Gasteiger partial charge < -0.3 is 25.0 Å². The highest BCUT2D eigenvalue weighted by atomic mass is 35.5. The molecular weight excluding hydrogens is 412 g/mol. The van der Waals surface area contributed by atoms with Crippen LogP contribution >= 0.6 is 12.4 Å². The van der Waals surface area contributed by atoms with E-state index in [0.29, 0.717) is 5.56 Å². The van der Waals surface area contributed by atoms with E-state index in [2.05, 4.69) is 5.32 Å². The Kier molecular flexibility index (Phi) is 10.0. The van der Waals surface area contributed by atoms with E-state index in [4.69, 9.17) is 14.6 Å². The molecule has 0 saturated carbocycles. The summed E-state index contributed by atoms with van der Waals surface area (Å²) in [5.74, 6) is 0.858. The third-order valence-electron chi connectivity index (χ3n) is 4.46. The highest BCUT2D eigenvalue weighted by Crippen LogP contribution is 2.28. The molecule has 1 atom stereocenters. The summed E-state index contributed by atoms with van der Waals surface area (Å²) in [6.07, 6.45) is -0.0964. The van der Waals surface area contributed by atoms with Crippen LogP contribution < -0.4 is 14.8 Å². The number of rotatable bonds is 11. The first-order chi connectivity index (χ1) is 13.7. The lowest BCUT2D eigenvalue weighted by Crippen LogP contribution is -2.46. The minimum atomic E-state index is -0.845. The van der Waals surface area contributed by atoms with Crippen molar-refractivity contribution in [1.82, 2.24) is 5.32 Å². The summed E-state index contributed by atoms with van der Waals surface area (Å²) in [5, 5.41) is 33.8. The Bertz CT molecular complexity index is 814. The van der Waals surface area contributed by atoms with Crippen molar-refractivity contribution in [2.24, 2.45) is 0 Å². The van der Waals surface area contributed by atoms with Crippen molar-refractivity contribution < 1.29 is 24.6 Å². The number of ether oxygens (including phenoxy) is 2. The van der Waals surface area contributed by atoms with Crippen molar-refractivity contribution in [1.29, 1.82) is 0 Å².